The van der Waals surface area contributed by atoms with E-state index < -0.39 is 61.0 Å². The SMILES string of the molecule is CC(=O)NC(=O)C(N)CO[C@H]1O[C@H](CO)[C@H](O)[C@H](O)[C@H]1NC(C)=O. The summed E-state index contributed by atoms with van der Waals surface area (Å²) in [6, 6.07) is -2.34. The summed E-state index contributed by atoms with van der Waals surface area (Å²) in [5, 5.41) is 33.4. The van der Waals surface area contributed by atoms with Crippen molar-refractivity contribution in [1.29, 1.82) is 0 Å². The first kappa shape index (κ1) is 20.4. The Kier molecular flexibility index (Phi) is 7.66. The number of ether oxygens (including phenoxy) is 2. The third-order valence-electron chi connectivity index (χ3n) is 3.33. The van der Waals surface area contributed by atoms with Crippen LogP contribution in [0.1, 0.15) is 13.8 Å². The van der Waals surface area contributed by atoms with E-state index in [9.17, 15) is 24.6 Å². The second-order valence-corrected chi connectivity index (χ2v) is 5.42. The summed E-state index contributed by atoms with van der Waals surface area (Å²) < 4.78 is 10.6. The van der Waals surface area contributed by atoms with Crippen molar-refractivity contribution in [3.63, 3.8) is 0 Å². The molecule has 11 heteroatoms. The van der Waals surface area contributed by atoms with Gasteiger partial charge in [-0.25, -0.2) is 0 Å². The van der Waals surface area contributed by atoms with Gasteiger partial charge in [-0.15, -0.1) is 0 Å². The van der Waals surface area contributed by atoms with Gasteiger partial charge in [0.15, 0.2) is 6.29 Å². The molecule has 0 aromatic heterocycles. The van der Waals surface area contributed by atoms with E-state index in [1.54, 1.807) is 0 Å². The minimum Gasteiger partial charge on any atom is -0.394 e. The molecule has 3 amide bonds. The van der Waals surface area contributed by atoms with Gasteiger partial charge in [-0.3, -0.25) is 19.7 Å². The third-order valence-corrected chi connectivity index (χ3v) is 3.33. The maximum atomic E-state index is 11.5. The molecule has 1 aliphatic rings. The van der Waals surface area contributed by atoms with E-state index in [-0.39, 0.29) is 6.61 Å². The lowest BCUT2D eigenvalue weighted by atomic mass is 9.97. The van der Waals surface area contributed by atoms with Crippen molar-refractivity contribution in [2.24, 2.45) is 5.73 Å². The predicted molar refractivity (Wildman–Crippen MR) is 78.1 cm³/mol. The van der Waals surface area contributed by atoms with E-state index in [1.165, 1.54) is 6.92 Å². The maximum Gasteiger partial charge on any atom is 0.245 e. The smallest absolute Gasteiger partial charge is 0.245 e. The van der Waals surface area contributed by atoms with Gasteiger partial charge in [0, 0.05) is 13.8 Å². The largest absolute Gasteiger partial charge is 0.394 e. The Morgan fingerprint density at radius 2 is 1.83 bits per heavy atom. The van der Waals surface area contributed by atoms with E-state index in [1.807, 2.05) is 5.32 Å². The Morgan fingerprint density at radius 1 is 1.21 bits per heavy atom. The molecule has 1 unspecified atom stereocenters. The fourth-order valence-corrected chi connectivity index (χ4v) is 2.15. The Labute approximate surface area is 138 Å². The fraction of sp³-hybridized carbons (Fsp3) is 0.769. The van der Waals surface area contributed by atoms with Gasteiger partial charge in [-0.05, 0) is 0 Å². The topological polar surface area (TPSA) is 180 Å². The number of carbonyl (C=O) groups is 3. The molecule has 7 N–H and O–H groups in total. The molecule has 1 saturated heterocycles. The zero-order valence-corrected chi connectivity index (χ0v) is 13.3. The first-order chi connectivity index (χ1) is 11.2. The number of rotatable bonds is 6. The minimum atomic E-state index is -1.47. The highest BCUT2D eigenvalue weighted by Crippen LogP contribution is 2.22. The van der Waals surface area contributed by atoms with Crippen LogP contribution in [0.2, 0.25) is 0 Å². The van der Waals surface area contributed by atoms with Gasteiger partial charge >= 0.3 is 0 Å². The molecule has 6 atom stereocenters. The van der Waals surface area contributed by atoms with Crippen molar-refractivity contribution in [3.8, 4) is 0 Å². The Hall–Kier alpha value is -1.63. The van der Waals surface area contributed by atoms with E-state index >= 15 is 0 Å². The molecule has 0 radical (unpaired) electrons. The number of nitrogens with two attached hydrogens (primary N) is 1. The van der Waals surface area contributed by atoms with Crippen LogP contribution in [-0.2, 0) is 23.9 Å². The van der Waals surface area contributed by atoms with Crippen molar-refractivity contribution in [2.75, 3.05) is 13.2 Å². The number of hydrogen-bond acceptors (Lipinski definition) is 9. The highest BCUT2D eigenvalue weighted by molar-refractivity contribution is 5.96. The molecule has 0 saturated carbocycles. The summed E-state index contributed by atoms with van der Waals surface area (Å²) in [6.45, 7) is 1.36. The monoisotopic (exact) mass is 349 g/mol. The molecule has 1 heterocycles. The first-order valence-corrected chi connectivity index (χ1v) is 7.25. The average Bonchev–Trinajstić information content (AvgIpc) is 2.49. The quantitative estimate of drug-likeness (QED) is 0.278. The van der Waals surface area contributed by atoms with Crippen LogP contribution < -0.4 is 16.4 Å². The van der Waals surface area contributed by atoms with E-state index in [0.29, 0.717) is 0 Å². The minimum absolute atomic E-state index is 0.388. The van der Waals surface area contributed by atoms with Crippen LogP contribution in [0.15, 0.2) is 0 Å². The van der Waals surface area contributed by atoms with Crippen molar-refractivity contribution >= 4 is 17.7 Å². The van der Waals surface area contributed by atoms with Gasteiger partial charge in [0.2, 0.25) is 17.7 Å². The van der Waals surface area contributed by atoms with Crippen molar-refractivity contribution in [2.45, 2.75) is 50.5 Å². The number of imide groups is 1. The number of aliphatic hydroxyl groups excluding tert-OH is 3. The van der Waals surface area contributed by atoms with Crippen molar-refractivity contribution in [3.05, 3.63) is 0 Å². The van der Waals surface area contributed by atoms with E-state index in [2.05, 4.69) is 5.32 Å². The Morgan fingerprint density at radius 3 is 2.33 bits per heavy atom. The predicted octanol–water partition coefficient (Wildman–Crippen LogP) is -4.06. The van der Waals surface area contributed by atoms with E-state index in [0.717, 1.165) is 6.92 Å². The van der Waals surface area contributed by atoms with E-state index in [4.69, 9.17) is 20.3 Å². The van der Waals surface area contributed by atoms with Crippen LogP contribution in [0.3, 0.4) is 0 Å². The molecule has 11 nitrogen and oxygen atoms in total. The summed E-state index contributed by atoms with van der Waals surface area (Å²) in [5.41, 5.74) is 5.57. The Balaban J connectivity index is 2.74. The van der Waals surface area contributed by atoms with Gasteiger partial charge in [-0.2, -0.15) is 0 Å². The molecule has 0 aromatic carbocycles. The average molecular weight is 349 g/mol. The number of hydrogen-bond donors (Lipinski definition) is 6. The van der Waals surface area contributed by atoms with Gasteiger partial charge in [0.05, 0.1) is 13.2 Å². The normalized spacial score (nSPS) is 31.2. The van der Waals surface area contributed by atoms with Crippen LogP contribution in [0.25, 0.3) is 0 Å². The lowest BCUT2D eigenvalue weighted by Crippen LogP contribution is -2.65. The van der Waals surface area contributed by atoms with Crippen molar-refractivity contribution < 1.29 is 39.2 Å². The molecule has 1 fully saturated rings. The zero-order chi connectivity index (χ0) is 18.4. The molecule has 0 aliphatic carbocycles. The van der Waals surface area contributed by atoms with Gasteiger partial charge in [0.25, 0.3) is 0 Å². The van der Waals surface area contributed by atoms with Crippen LogP contribution in [-0.4, -0.2) is 82.9 Å². The van der Waals surface area contributed by atoms with Crippen LogP contribution in [0, 0.1) is 0 Å². The highest BCUT2D eigenvalue weighted by atomic mass is 16.7. The number of carbonyl (C=O) groups excluding carboxylic acids is 3. The molecular formula is C13H23N3O8. The Bertz CT molecular complexity index is 474. The zero-order valence-electron chi connectivity index (χ0n) is 13.3. The molecule has 1 rings (SSSR count). The highest BCUT2D eigenvalue weighted by Gasteiger charge is 2.45. The van der Waals surface area contributed by atoms with Crippen LogP contribution in [0.5, 0.6) is 0 Å². The number of nitrogens with one attached hydrogen (secondary N) is 2. The van der Waals surface area contributed by atoms with Crippen molar-refractivity contribution in [1.82, 2.24) is 10.6 Å². The second kappa shape index (κ2) is 9.01. The van der Waals surface area contributed by atoms with Gasteiger partial charge in [-0.1, -0.05) is 0 Å². The van der Waals surface area contributed by atoms with Gasteiger partial charge in [0.1, 0.15) is 30.4 Å². The standard InChI is InChI=1S/C13H23N3O8/c1-5(18)15-9-11(21)10(20)8(3-17)24-13(9)23-4-7(14)12(22)16-6(2)19/h7-11,13,17,20-21H,3-4,14H2,1-2H3,(H,15,18)(H,16,19,22)/t7?,8-,9-,10+,11-,13+/m1/s1. The second-order valence-electron chi connectivity index (χ2n) is 5.42. The first-order valence-electron chi connectivity index (χ1n) is 7.25. The lowest BCUT2D eigenvalue weighted by molar-refractivity contribution is -0.270. The molecule has 1 aliphatic heterocycles. The summed E-state index contributed by atoms with van der Waals surface area (Å²) in [5.74, 6) is -1.86. The third kappa shape index (κ3) is 5.47. The van der Waals surface area contributed by atoms with Gasteiger partial charge < -0.3 is 35.8 Å². The fourth-order valence-electron chi connectivity index (χ4n) is 2.15. The summed E-state index contributed by atoms with van der Waals surface area (Å²) >= 11 is 0. The molecule has 138 valence electrons. The summed E-state index contributed by atoms with van der Waals surface area (Å²) in [7, 11) is 0. The number of amides is 3. The maximum absolute atomic E-state index is 11.5. The molecule has 0 bridgehead atoms. The summed E-state index contributed by atoms with van der Waals surface area (Å²) in [4.78, 5) is 33.6. The molecule has 0 spiro atoms. The molecule has 0 aromatic rings. The molecule has 24 heavy (non-hydrogen) atoms. The lowest BCUT2D eigenvalue weighted by Gasteiger charge is -2.42. The summed E-state index contributed by atoms with van der Waals surface area (Å²) in [6.07, 6.45) is -5.31. The molecular weight excluding hydrogens is 326 g/mol. The number of aliphatic hydroxyl groups is 3. The van der Waals surface area contributed by atoms with Crippen LogP contribution >= 0.6 is 0 Å². The van der Waals surface area contributed by atoms with Crippen LogP contribution in [0.4, 0.5) is 0 Å².